The van der Waals surface area contributed by atoms with E-state index in [-0.39, 0.29) is 0 Å². The number of benzene rings is 1. The van der Waals surface area contributed by atoms with Crippen molar-refractivity contribution in [1.29, 1.82) is 0 Å². The van der Waals surface area contributed by atoms with Gasteiger partial charge in [0, 0.05) is 11.8 Å². The average molecular weight is 282 g/mol. The maximum Gasteiger partial charge on any atom is 0.0944 e. The summed E-state index contributed by atoms with van der Waals surface area (Å²) in [6.45, 7) is 0. The van der Waals surface area contributed by atoms with Crippen molar-refractivity contribution >= 4 is 37.5 Å². The van der Waals surface area contributed by atoms with Gasteiger partial charge in [-0.05, 0) is 30.4 Å². The molecule has 0 atom stereocenters. The SMILES string of the molecule is BrCC1(Cc2nc3ccccc3s2)CC1. The number of alkyl halides is 1. The Bertz CT molecular complexity index is 454. The van der Waals surface area contributed by atoms with Crippen molar-refractivity contribution < 1.29 is 0 Å². The van der Waals surface area contributed by atoms with Gasteiger partial charge < -0.3 is 0 Å². The van der Waals surface area contributed by atoms with Crippen LogP contribution in [-0.2, 0) is 6.42 Å². The molecule has 1 aromatic heterocycles. The minimum atomic E-state index is 0.536. The van der Waals surface area contributed by atoms with E-state index in [2.05, 4.69) is 45.2 Å². The standard InChI is InChI=1S/C12H12BrNS/c13-8-12(5-6-12)7-11-14-9-3-1-2-4-10(9)15-11/h1-4H,5-8H2. The fraction of sp³-hybridized carbons (Fsp3) is 0.417. The molecule has 0 saturated heterocycles. The van der Waals surface area contributed by atoms with Gasteiger partial charge in [0.1, 0.15) is 0 Å². The molecule has 1 heterocycles. The highest BCUT2D eigenvalue weighted by atomic mass is 79.9. The monoisotopic (exact) mass is 281 g/mol. The van der Waals surface area contributed by atoms with E-state index in [1.165, 1.54) is 22.5 Å². The highest BCUT2D eigenvalue weighted by Crippen LogP contribution is 2.50. The van der Waals surface area contributed by atoms with Gasteiger partial charge in [0.05, 0.1) is 15.2 Å². The molecule has 1 saturated carbocycles. The van der Waals surface area contributed by atoms with Crippen LogP contribution >= 0.6 is 27.3 Å². The van der Waals surface area contributed by atoms with Crippen molar-refractivity contribution in [1.82, 2.24) is 4.98 Å². The topological polar surface area (TPSA) is 12.9 Å². The number of halogens is 1. The van der Waals surface area contributed by atoms with E-state index in [1.807, 2.05) is 11.3 Å². The Morgan fingerprint density at radius 2 is 2.13 bits per heavy atom. The van der Waals surface area contributed by atoms with Gasteiger partial charge in [0.25, 0.3) is 0 Å². The van der Waals surface area contributed by atoms with Gasteiger partial charge in [0.15, 0.2) is 0 Å². The van der Waals surface area contributed by atoms with Gasteiger partial charge in [-0.3, -0.25) is 0 Å². The van der Waals surface area contributed by atoms with Gasteiger partial charge in [-0.15, -0.1) is 11.3 Å². The minimum Gasteiger partial charge on any atom is -0.241 e. The van der Waals surface area contributed by atoms with E-state index in [4.69, 9.17) is 0 Å². The van der Waals surface area contributed by atoms with Crippen LogP contribution < -0.4 is 0 Å². The molecular weight excluding hydrogens is 270 g/mol. The number of nitrogens with zero attached hydrogens (tertiary/aromatic N) is 1. The van der Waals surface area contributed by atoms with Crippen molar-refractivity contribution in [2.24, 2.45) is 5.41 Å². The number of fused-ring (bicyclic) bond motifs is 1. The van der Waals surface area contributed by atoms with Crippen LogP contribution in [0.2, 0.25) is 0 Å². The van der Waals surface area contributed by atoms with Crippen molar-refractivity contribution in [3.63, 3.8) is 0 Å². The van der Waals surface area contributed by atoms with Crippen LogP contribution in [0.1, 0.15) is 17.8 Å². The summed E-state index contributed by atoms with van der Waals surface area (Å²) in [5, 5.41) is 2.42. The summed E-state index contributed by atoms with van der Waals surface area (Å²) in [5.41, 5.74) is 1.69. The summed E-state index contributed by atoms with van der Waals surface area (Å²) in [4.78, 5) is 4.68. The van der Waals surface area contributed by atoms with Crippen molar-refractivity contribution in [2.75, 3.05) is 5.33 Å². The van der Waals surface area contributed by atoms with Gasteiger partial charge >= 0.3 is 0 Å². The highest BCUT2D eigenvalue weighted by molar-refractivity contribution is 9.09. The molecule has 0 radical (unpaired) electrons. The van der Waals surface area contributed by atoms with Crippen LogP contribution in [0.5, 0.6) is 0 Å². The Kier molecular flexibility index (Phi) is 2.33. The molecule has 1 nitrogen and oxygen atoms in total. The van der Waals surface area contributed by atoms with Crippen LogP contribution in [0.15, 0.2) is 24.3 Å². The van der Waals surface area contributed by atoms with Gasteiger partial charge in [-0.1, -0.05) is 28.1 Å². The second-order valence-electron chi connectivity index (χ2n) is 4.39. The molecule has 78 valence electrons. The Morgan fingerprint density at radius 3 is 2.80 bits per heavy atom. The lowest BCUT2D eigenvalue weighted by Crippen LogP contribution is -2.05. The fourth-order valence-corrected chi connectivity index (χ4v) is 3.75. The molecule has 0 spiro atoms. The Balaban J connectivity index is 1.92. The molecule has 1 aliphatic carbocycles. The first-order chi connectivity index (χ1) is 7.31. The average Bonchev–Trinajstić information content (AvgIpc) is 2.91. The molecule has 0 N–H and O–H groups in total. The largest absolute Gasteiger partial charge is 0.241 e. The molecule has 1 aliphatic rings. The van der Waals surface area contributed by atoms with Gasteiger partial charge in [-0.25, -0.2) is 4.98 Å². The van der Waals surface area contributed by atoms with E-state index in [9.17, 15) is 0 Å². The highest BCUT2D eigenvalue weighted by Gasteiger charge is 2.42. The van der Waals surface area contributed by atoms with Crippen LogP contribution in [0, 0.1) is 5.41 Å². The molecule has 0 aliphatic heterocycles. The summed E-state index contributed by atoms with van der Waals surface area (Å²) in [6.07, 6.45) is 3.86. The third-order valence-corrected chi connectivity index (χ3v) is 5.33. The predicted octanol–water partition coefficient (Wildman–Crippen LogP) is 4.01. The number of rotatable bonds is 3. The normalized spacial score (nSPS) is 18.2. The zero-order valence-corrected chi connectivity index (χ0v) is 10.8. The summed E-state index contributed by atoms with van der Waals surface area (Å²) >= 11 is 5.46. The summed E-state index contributed by atoms with van der Waals surface area (Å²) in [6, 6.07) is 8.40. The summed E-state index contributed by atoms with van der Waals surface area (Å²) in [7, 11) is 0. The molecule has 3 rings (SSSR count). The third-order valence-electron chi connectivity index (χ3n) is 3.10. The van der Waals surface area contributed by atoms with Crippen molar-refractivity contribution in [2.45, 2.75) is 19.3 Å². The van der Waals surface area contributed by atoms with Gasteiger partial charge in [-0.2, -0.15) is 0 Å². The number of para-hydroxylation sites is 1. The lowest BCUT2D eigenvalue weighted by Gasteiger charge is -2.07. The van der Waals surface area contributed by atoms with E-state index in [0.717, 1.165) is 17.3 Å². The maximum absolute atomic E-state index is 4.68. The molecule has 3 heteroatoms. The van der Waals surface area contributed by atoms with Crippen LogP contribution in [-0.4, -0.2) is 10.3 Å². The Hall–Kier alpha value is -0.410. The Morgan fingerprint density at radius 1 is 1.33 bits per heavy atom. The second-order valence-corrected chi connectivity index (χ2v) is 6.06. The van der Waals surface area contributed by atoms with Crippen LogP contribution in [0.3, 0.4) is 0 Å². The first-order valence-corrected chi connectivity index (χ1v) is 7.16. The molecule has 1 aromatic carbocycles. The number of hydrogen-bond donors (Lipinski definition) is 0. The minimum absolute atomic E-state index is 0.536. The zero-order chi connectivity index (χ0) is 10.3. The second kappa shape index (κ2) is 3.56. The van der Waals surface area contributed by atoms with Gasteiger partial charge in [0.2, 0.25) is 0 Å². The fourth-order valence-electron chi connectivity index (χ4n) is 1.85. The quantitative estimate of drug-likeness (QED) is 0.775. The predicted molar refractivity (Wildman–Crippen MR) is 68.8 cm³/mol. The first-order valence-electron chi connectivity index (χ1n) is 5.22. The van der Waals surface area contributed by atoms with E-state index >= 15 is 0 Å². The van der Waals surface area contributed by atoms with Crippen LogP contribution in [0.25, 0.3) is 10.2 Å². The van der Waals surface area contributed by atoms with Crippen molar-refractivity contribution in [3.8, 4) is 0 Å². The molecule has 0 bridgehead atoms. The van der Waals surface area contributed by atoms with E-state index in [0.29, 0.717) is 5.41 Å². The molecule has 0 unspecified atom stereocenters. The third kappa shape index (κ3) is 1.83. The first kappa shape index (κ1) is 9.79. The molecule has 0 amide bonds. The lowest BCUT2D eigenvalue weighted by molar-refractivity contribution is 0.585. The summed E-state index contributed by atoms with van der Waals surface area (Å²) < 4.78 is 1.32. The molecule has 1 fully saturated rings. The zero-order valence-electron chi connectivity index (χ0n) is 8.37. The Labute approximate surface area is 102 Å². The number of thiazole rings is 1. The van der Waals surface area contributed by atoms with Crippen LogP contribution in [0.4, 0.5) is 0 Å². The van der Waals surface area contributed by atoms with E-state index < -0.39 is 0 Å². The van der Waals surface area contributed by atoms with E-state index in [1.54, 1.807) is 0 Å². The smallest absolute Gasteiger partial charge is 0.0944 e. The molecule has 2 aromatic rings. The molecular formula is C12H12BrNS. The van der Waals surface area contributed by atoms with Crippen molar-refractivity contribution in [3.05, 3.63) is 29.3 Å². The maximum atomic E-state index is 4.68. The summed E-state index contributed by atoms with van der Waals surface area (Å²) in [5.74, 6) is 0. The lowest BCUT2D eigenvalue weighted by atomic mass is 10.1. The molecule has 15 heavy (non-hydrogen) atoms. The number of aromatic nitrogens is 1. The number of hydrogen-bond acceptors (Lipinski definition) is 2.